The third kappa shape index (κ3) is 2.93. The molecule has 0 bridgehead atoms. The van der Waals surface area contributed by atoms with Crippen molar-refractivity contribution in [2.24, 2.45) is 0 Å². The number of benzene rings is 1. The van der Waals surface area contributed by atoms with Crippen LogP contribution in [0.4, 0.5) is 0 Å². The van der Waals surface area contributed by atoms with E-state index in [0.29, 0.717) is 11.3 Å². The maximum Gasteiger partial charge on any atom is 0.220 e. The van der Waals surface area contributed by atoms with Crippen LogP contribution in [0, 0.1) is 11.3 Å². The van der Waals surface area contributed by atoms with Gasteiger partial charge in [0.25, 0.3) is 0 Å². The first-order valence-corrected chi connectivity index (χ1v) is 5.82. The Hall–Kier alpha value is -2.32. The molecule has 0 saturated heterocycles. The maximum atomic E-state index is 10.8. The first-order valence-electron chi connectivity index (χ1n) is 5.44. The molecular weight excluding hydrogens is 262 g/mol. The van der Waals surface area contributed by atoms with Gasteiger partial charge in [-0.15, -0.1) is 0 Å². The summed E-state index contributed by atoms with van der Waals surface area (Å²) in [4.78, 5) is 14.8. The lowest BCUT2D eigenvalue weighted by molar-refractivity contribution is 0.112. The second kappa shape index (κ2) is 5.55. The van der Waals surface area contributed by atoms with Crippen molar-refractivity contribution in [1.29, 1.82) is 5.26 Å². The van der Waals surface area contributed by atoms with E-state index >= 15 is 0 Å². The molecule has 0 radical (unpaired) electrons. The number of aldehydes is 1. The van der Waals surface area contributed by atoms with Gasteiger partial charge in [0, 0.05) is 11.6 Å². The average Bonchev–Trinajstić information content (AvgIpc) is 2.41. The topological polar surface area (TPSA) is 63.0 Å². The van der Waals surface area contributed by atoms with Crippen LogP contribution in [-0.4, -0.2) is 19.1 Å². The zero-order valence-corrected chi connectivity index (χ0v) is 10.8. The molecule has 2 aromatic rings. The van der Waals surface area contributed by atoms with Gasteiger partial charge in [-0.25, -0.2) is 0 Å². The Morgan fingerprint density at radius 2 is 2.16 bits per heavy atom. The Morgan fingerprint density at radius 3 is 2.79 bits per heavy atom. The van der Waals surface area contributed by atoms with E-state index in [9.17, 15) is 4.79 Å². The van der Waals surface area contributed by atoms with Crippen molar-refractivity contribution in [3.8, 4) is 17.7 Å². The number of aromatic nitrogens is 1. The normalized spacial score (nSPS) is 9.68. The van der Waals surface area contributed by atoms with E-state index in [0.717, 1.165) is 11.7 Å². The molecule has 0 atom stereocenters. The Labute approximate surface area is 116 Å². The third-order valence-electron chi connectivity index (χ3n) is 2.54. The van der Waals surface area contributed by atoms with Crippen LogP contribution in [-0.2, 0) is 0 Å². The molecule has 4 nitrogen and oxygen atoms in total. The quantitative estimate of drug-likeness (QED) is 0.481. The zero-order valence-electron chi connectivity index (χ0n) is 10.1. The lowest BCUT2D eigenvalue weighted by Crippen LogP contribution is -2.09. The van der Waals surface area contributed by atoms with Crippen molar-refractivity contribution in [3.63, 3.8) is 0 Å². The predicted molar refractivity (Wildman–Crippen MR) is 74.0 cm³/mol. The highest BCUT2D eigenvalue weighted by Crippen LogP contribution is 2.22. The summed E-state index contributed by atoms with van der Waals surface area (Å²) in [6.45, 7) is 0. The van der Waals surface area contributed by atoms with Crippen LogP contribution < -0.4 is 10.2 Å². The number of hydrogen-bond donors (Lipinski definition) is 0. The van der Waals surface area contributed by atoms with Crippen LogP contribution in [0.25, 0.3) is 0 Å². The fraction of sp³-hybridized carbons (Fsp3) is 0. The summed E-state index contributed by atoms with van der Waals surface area (Å²) < 4.78 is 5.49. The van der Waals surface area contributed by atoms with Gasteiger partial charge in [0.1, 0.15) is 26.0 Å². The molecule has 0 aliphatic heterocycles. The molecule has 1 heterocycles. The molecule has 2 rings (SSSR count). The van der Waals surface area contributed by atoms with Gasteiger partial charge in [-0.2, -0.15) is 10.2 Å². The van der Waals surface area contributed by atoms with Gasteiger partial charge in [-0.3, -0.25) is 4.79 Å². The maximum absolute atomic E-state index is 10.8. The van der Waals surface area contributed by atoms with Gasteiger partial charge in [0.2, 0.25) is 5.88 Å². The molecule has 1 aromatic carbocycles. The van der Waals surface area contributed by atoms with Gasteiger partial charge in [-0.05, 0) is 18.2 Å². The van der Waals surface area contributed by atoms with Crippen molar-refractivity contribution in [1.82, 2.24) is 4.98 Å². The van der Waals surface area contributed by atoms with Crippen LogP contribution >= 0.6 is 11.6 Å². The first-order chi connectivity index (χ1) is 9.13. The van der Waals surface area contributed by atoms with E-state index in [2.05, 4.69) is 4.98 Å². The molecule has 0 spiro atoms. The van der Waals surface area contributed by atoms with Gasteiger partial charge in [0.15, 0.2) is 5.15 Å². The number of halogens is 1. The summed E-state index contributed by atoms with van der Waals surface area (Å²) in [5.74, 6) is 0.755. The number of pyridine rings is 1. The second-order valence-electron chi connectivity index (χ2n) is 3.84. The summed E-state index contributed by atoms with van der Waals surface area (Å²) in [6, 6.07) is 10.1. The predicted octanol–water partition coefficient (Wildman–Crippen LogP) is 1.47. The van der Waals surface area contributed by atoms with E-state index in [1.54, 1.807) is 24.3 Å². The molecule has 0 fully saturated rings. The fourth-order valence-electron chi connectivity index (χ4n) is 1.49. The second-order valence-corrected chi connectivity index (χ2v) is 4.20. The summed E-state index contributed by atoms with van der Waals surface area (Å²) in [5.41, 5.74) is 1.71. The fourth-order valence-corrected chi connectivity index (χ4v) is 1.68. The van der Waals surface area contributed by atoms with E-state index in [1.807, 2.05) is 13.9 Å². The lowest BCUT2D eigenvalue weighted by Gasteiger charge is -2.07. The van der Waals surface area contributed by atoms with Gasteiger partial charge < -0.3 is 4.74 Å². The van der Waals surface area contributed by atoms with E-state index < -0.39 is 0 Å². The van der Waals surface area contributed by atoms with Crippen LogP contribution in [0.1, 0.15) is 15.9 Å². The standard InChI is InChI=1S/C13H8BClN2O2/c14-11-3-2-10(5-9(11)7-18)19-12-4-1-8(6-16)13(15)17-12/h1-5,7H,14H2. The van der Waals surface area contributed by atoms with Crippen molar-refractivity contribution in [2.75, 3.05) is 0 Å². The van der Waals surface area contributed by atoms with Crippen molar-refractivity contribution < 1.29 is 9.53 Å². The molecule has 0 aliphatic carbocycles. The highest BCUT2D eigenvalue weighted by Gasteiger charge is 2.06. The minimum atomic E-state index is 0.0859. The smallest absolute Gasteiger partial charge is 0.220 e. The first kappa shape index (κ1) is 13.1. The average molecular weight is 270 g/mol. The minimum Gasteiger partial charge on any atom is -0.439 e. The summed E-state index contributed by atoms with van der Waals surface area (Å²) in [7, 11) is 1.84. The zero-order chi connectivity index (χ0) is 13.8. The number of carbonyl (C=O) groups is 1. The summed E-state index contributed by atoms with van der Waals surface area (Å²) >= 11 is 5.81. The van der Waals surface area contributed by atoms with Crippen LogP contribution in [0.15, 0.2) is 30.3 Å². The molecular formula is C13H8BClN2O2. The van der Waals surface area contributed by atoms with Crippen LogP contribution in [0.3, 0.4) is 0 Å². The molecule has 0 amide bonds. The monoisotopic (exact) mass is 270 g/mol. The molecule has 19 heavy (non-hydrogen) atoms. The number of rotatable bonds is 3. The number of nitrogens with zero attached hydrogens (tertiary/aromatic N) is 2. The molecule has 0 saturated carbocycles. The Balaban J connectivity index is 2.29. The molecule has 0 N–H and O–H groups in total. The van der Waals surface area contributed by atoms with Crippen LogP contribution in [0.5, 0.6) is 11.6 Å². The molecule has 6 heteroatoms. The molecule has 1 aromatic heterocycles. The van der Waals surface area contributed by atoms with E-state index in [1.165, 1.54) is 6.07 Å². The van der Waals surface area contributed by atoms with Crippen LogP contribution in [0.2, 0.25) is 5.15 Å². The highest BCUT2D eigenvalue weighted by molar-refractivity contribution is 6.35. The van der Waals surface area contributed by atoms with Crippen molar-refractivity contribution in [3.05, 3.63) is 46.6 Å². The third-order valence-corrected chi connectivity index (χ3v) is 2.83. The largest absolute Gasteiger partial charge is 0.439 e. The highest BCUT2D eigenvalue weighted by atomic mass is 35.5. The van der Waals surface area contributed by atoms with E-state index in [4.69, 9.17) is 21.6 Å². The number of hydrogen-bond acceptors (Lipinski definition) is 4. The summed E-state index contributed by atoms with van der Waals surface area (Å²) in [5, 5.41) is 8.83. The van der Waals surface area contributed by atoms with Gasteiger partial charge >= 0.3 is 0 Å². The number of nitriles is 1. The Bertz CT molecular complexity index is 683. The van der Waals surface area contributed by atoms with Gasteiger partial charge in [-0.1, -0.05) is 23.1 Å². The van der Waals surface area contributed by atoms with Crippen molar-refractivity contribution >= 4 is 31.2 Å². The minimum absolute atomic E-state index is 0.0859. The Morgan fingerprint density at radius 1 is 1.37 bits per heavy atom. The molecule has 0 aliphatic rings. The summed E-state index contributed by atoms with van der Waals surface area (Å²) in [6.07, 6.45) is 0.765. The Kier molecular flexibility index (Phi) is 3.83. The van der Waals surface area contributed by atoms with Crippen molar-refractivity contribution in [2.45, 2.75) is 0 Å². The number of carbonyl (C=O) groups excluding carboxylic acids is 1. The number of ether oxygens (including phenoxy) is 1. The van der Waals surface area contributed by atoms with E-state index in [-0.39, 0.29) is 16.6 Å². The molecule has 92 valence electrons. The lowest BCUT2D eigenvalue weighted by atomic mass is 9.91. The van der Waals surface area contributed by atoms with Gasteiger partial charge in [0.05, 0.1) is 5.56 Å². The molecule has 0 unspecified atom stereocenters. The SMILES string of the molecule is Bc1ccc(Oc2ccc(C#N)c(Cl)n2)cc1C=O.